The molecule has 1 N–H and O–H groups in total. The van der Waals surface area contributed by atoms with Crippen molar-refractivity contribution in [2.45, 2.75) is 49.8 Å². The monoisotopic (exact) mass is 409 g/mol. The topological polar surface area (TPSA) is 73.2 Å². The highest BCUT2D eigenvalue weighted by Crippen LogP contribution is 2.21. The molecule has 0 spiro atoms. The number of hydrogen-bond acceptors (Lipinski definition) is 5. The number of thioether (sulfide) groups is 1. The number of nitrogens with one attached hydrogen (secondary N) is 1. The Bertz CT molecular complexity index is 865. The Kier molecular flexibility index (Phi) is 7.15. The minimum Gasteiger partial charge on any atom is -0.383 e. The van der Waals surface area contributed by atoms with Crippen LogP contribution in [0.1, 0.15) is 32.1 Å². The van der Waals surface area contributed by atoms with E-state index in [0.717, 1.165) is 12.8 Å². The molecule has 0 aliphatic heterocycles. The van der Waals surface area contributed by atoms with Crippen molar-refractivity contribution in [2.75, 3.05) is 19.5 Å². The van der Waals surface area contributed by atoms with Crippen LogP contribution in [0, 0.1) is 0 Å². The summed E-state index contributed by atoms with van der Waals surface area (Å²) in [6.45, 7) is 0.774. The van der Waals surface area contributed by atoms with Gasteiger partial charge < -0.3 is 10.1 Å². The fraction of sp³-hybridized carbons (Fsp3) is 0.526. The van der Waals surface area contributed by atoms with Crippen molar-refractivity contribution in [2.24, 2.45) is 0 Å². The van der Waals surface area contributed by atoms with E-state index in [-0.39, 0.29) is 23.3 Å². The number of nitrogens with zero attached hydrogens (tertiary/aromatic N) is 2. The van der Waals surface area contributed by atoms with E-state index in [1.54, 1.807) is 29.9 Å². The summed E-state index contributed by atoms with van der Waals surface area (Å²) < 4.78 is 6.68. The molecule has 0 unspecified atom stereocenters. The van der Waals surface area contributed by atoms with Crippen molar-refractivity contribution < 1.29 is 9.53 Å². The van der Waals surface area contributed by atoms with Gasteiger partial charge in [-0.15, -0.1) is 0 Å². The molecule has 0 radical (unpaired) electrons. The molecule has 1 aromatic heterocycles. The fourth-order valence-corrected chi connectivity index (χ4v) is 4.31. The van der Waals surface area contributed by atoms with Gasteiger partial charge >= 0.3 is 0 Å². The van der Waals surface area contributed by atoms with Crippen molar-refractivity contribution in [3.8, 4) is 0 Å². The highest BCUT2D eigenvalue weighted by molar-refractivity contribution is 7.99. The molecular weight excluding hydrogens is 386 g/mol. The highest BCUT2D eigenvalue weighted by Gasteiger charge is 2.17. The number of ether oxygens (including phenoxy) is 1. The second-order valence-electron chi connectivity index (χ2n) is 6.70. The number of aromatic nitrogens is 2. The third kappa shape index (κ3) is 5.24. The molecule has 1 aliphatic carbocycles. The molecule has 0 atom stereocenters. The number of methoxy groups -OCH3 is 1. The first-order valence-corrected chi connectivity index (χ1v) is 10.6. The van der Waals surface area contributed by atoms with Crippen LogP contribution in [0.5, 0.6) is 0 Å². The SMILES string of the molecule is COCCn1c(SCC(=O)NC2CCCCC2)nc2cc(Cl)ccc2c1=O. The van der Waals surface area contributed by atoms with Crippen LogP contribution in [0.15, 0.2) is 28.2 Å². The lowest BCUT2D eigenvalue weighted by Crippen LogP contribution is -2.37. The second-order valence-corrected chi connectivity index (χ2v) is 8.08. The molecule has 3 rings (SSSR count). The van der Waals surface area contributed by atoms with E-state index >= 15 is 0 Å². The predicted molar refractivity (Wildman–Crippen MR) is 109 cm³/mol. The average molecular weight is 410 g/mol. The van der Waals surface area contributed by atoms with Gasteiger partial charge in [-0.1, -0.05) is 42.6 Å². The number of rotatable bonds is 7. The van der Waals surface area contributed by atoms with Gasteiger partial charge in [0.15, 0.2) is 5.16 Å². The summed E-state index contributed by atoms with van der Waals surface area (Å²) in [5.74, 6) is 0.202. The summed E-state index contributed by atoms with van der Waals surface area (Å²) in [5.41, 5.74) is 0.389. The number of halogens is 1. The van der Waals surface area contributed by atoms with Crippen LogP contribution in [0.2, 0.25) is 5.02 Å². The van der Waals surface area contributed by atoms with Crippen LogP contribution in [0.4, 0.5) is 0 Å². The fourth-order valence-electron chi connectivity index (χ4n) is 3.31. The molecule has 8 heteroatoms. The molecule has 27 heavy (non-hydrogen) atoms. The maximum atomic E-state index is 12.8. The number of carbonyl (C=O) groups is 1. The summed E-state index contributed by atoms with van der Waals surface area (Å²) in [7, 11) is 1.59. The molecule has 1 aliphatic rings. The maximum Gasteiger partial charge on any atom is 0.262 e. The smallest absolute Gasteiger partial charge is 0.262 e. The molecular formula is C19H24ClN3O3S. The zero-order chi connectivity index (χ0) is 19.2. The van der Waals surface area contributed by atoms with Gasteiger partial charge in [0.25, 0.3) is 5.56 Å². The largest absolute Gasteiger partial charge is 0.383 e. The Hall–Kier alpha value is -1.57. The van der Waals surface area contributed by atoms with Crippen molar-refractivity contribution in [1.82, 2.24) is 14.9 Å². The maximum absolute atomic E-state index is 12.8. The van der Waals surface area contributed by atoms with Crippen LogP contribution in [0.25, 0.3) is 10.9 Å². The lowest BCUT2D eigenvalue weighted by Gasteiger charge is -2.22. The van der Waals surface area contributed by atoms with E-state index in [4.69, 9.17) is 16.3 Å². The van der Waals surface area contributed by atoms with Crippen molar-refractivity contribution >= 4 is 40.2 Å². The Balaban J connectivity index is 1.78. The van der Waals surface area contributed by atoms with E-state index in [1.807, 2.05) is 0 Å². The van der Waals surface area contributed by atoms with Gasteiger partial charge in [0, 0.05) is 18.2 Å². The Morgan fingerprint density at radius 1 is 1.37 bits per heavy atom. The minimum atomic E-state index is -0.149. The molecule has 1 amide bonds. The lowest BCUT2D eigenvalue weighted by atomic mass is 9.95. The highest BCUT2D eigenvalue weighted by atomic mass is 35.5. The first-order chi connectivity index (χ1) is 13.1. The molecule has 0 bridgehead atoms. The number of benzene rings is 1. The number of carbonyl (C=O) groups excluding carboxylic acids is 1. The number of hydrogen-bond donors (Lipinski definition) is 1. The first-order valence-electron chi connectivity index (χ1n) is 9.19. The Morgan fingerprint density at radius 3 is 2.89 bits per heavy atom. The molecule has 146 valence electrons. The number of amides is 1. The van der Waals surface area contributed by atoms with Gasteiger partial charge in [-0.25, -0.2) is 4.98 Å². The van der Waals surface area contributed by atoms with Crippen LogP contribution in [-0.4, -0.2) is 41.0 Å². The second kappa shape index (κ2) is 9.57. The van der Waals surface area contributed by atoms with Crippen LogP contribution < -0.4 is 10.9 Å². The molecule has 1 heterocycles. The van der Waals surface area contributed by atoms with E-state index in [2.05, 4.69) is 10.3 Å². The summed E-state index contributed by atoms with van der Waals surface area (Å²) in [6.07, 6.45) is 5.67. The quantitative estimate of drug-likeness (QED) is 0.561. The molecule has 1 saturated carbocycles. The third-order valence-electron chi connectivity index (χ3n) is 4.70. The van der Waals surface area contributed by atoms with Crippen molar-refractivity contribution in [3.63, 3.8) is 0 Å². The zero-order valence-electron chi connectivity index (χ0n) is 15.4. The van der Waals surface area contributed by atoms with Crippen LogP contribution in [0.3, 0.4) is 0 Å². The Labute approximate surface area is 167 Å². The third-order valence-corrected chi connectivity index (χ3v) is 5.92. The van der Waals surface area contributed by atoms with E-state index in [9.17, 15) is 9.59 Å². The van der Waals surface area contributed by atoms with Gasteiger partial charge in [-0.2, -0.15) is 0 Å². The lowest BCUT2D eigenvalue weighted by molar-refractivity contribution is -0.119. The van der Waals surface area contributed by atoms with Gasteiger partial charge in [0.1, 0.15) is 0 Å². The van der Waals surface area contributed by atoms with E-state index in [1.165, 1.54) is 31.0 Å². The van der Waals surface area contributed by atoms with Crippen LogP contribution in [-0.2, 0) is 16.1 Å². The molecule has 2 aromatic rings. The van der Waals surface area contributed by atoms with Crippen molar-refractivity contribution in [3.05, 3.63) is 33.6 Å². The zero-order valence-corrected chi connectivity index (χ0v) is 16.9. The van der Waals surface area contributed by atoms with Gasteiger partial charge in [-0.3, -0.25) is 14.2 Å². The van der Waals surface area contributed by atoms with Gasteiger partial charge in [0.2, 0.25) is 5.91 Å². The minimum absolute atomic E-state index is 0.0226. The molecule has 1 fully saturated rings. The van der Waals surface area contributed by atoms with E-state index < -0.39 is 0 Å². The standard InChI is InChI=1S/C19H24ClN3O3S/c1-26-10-9-23-18(25)15-8-7-13(20)11-16(15)22-19(23)27-12-17(24)21-14-5-3-2-4-6-14/h7-8,11,14H,2-6,9-10,12H2,1H3,(H,21,24). The van der Waals surface area contributed by atoms with Crippen molar-refractivity contribution in [1.29, 1.82) is 0 Å². The summed E-state index contributed by atoms with van der Waals surface area (Å²) in [5, 5.41) is 4.63. The van der Waals surface area contributed by atoms with Gasteiger partial charge in [-0.05, 0) is 31.0 Å². The van der Waals surface area contributed by atoms with Gasteiger partial charge in [0.05, 0.1) is 29.8 Å². The molecule has 6 nitrogen and oxygen atoms in total. The summed E-state index contributed by atoms with van der Waals surface area (Å²) in [6, 6.07) is 5.30. The number of fused-ring (bicyclic) bond motifs is 1. The summed E-state index contributed by atoms with van der Waals surface area (Å²) >= 11 is 7.31. The summed E-state index contributed by atoms with van der Waals surface area (Å²) in [4.78, 5) is 29.7. The molecule has 0 saturated heterocycles. The predicted octanol–water partition coefficient (Wildman–Crippen LogP) is 3.24. The molecule has 1 aromatic carbocycles. The Morgan fingerprint density at radius 2 is 2.15 bits per heavy atom. The van der Waals surface area contributed by atoms with E-state index in [0.29, 0.717) is 34.2 Å². The normalized spacial score (nSPS) is 15.2. The van der Waals surface area contributed by atoms with Crippen LogP contribution >= 0.6 is 23.4 Å². The first kappa shape index (κ1) is 20.2. The average Bonchev–Trinajstić information content (AvgIpc) is 2.66.